The zero-order chi connectivity index (χ0) is 16.6. The van der Waals surface area contributed by atoms with Crippen molar-refractivity contribution < 1.29 is 9.53 Å². The highest BCUT2D eigenvalue weighted by Gasteiger charge is 2.19. The minimum absolute atomic E-state index is 0.188. The number of halogens is 1. The molecule has 0 saturated carbocycles. The molecule has 0 bridgehead atoms. The Kier molecular flexibility index (Phi) is 4.09. The Balaban J connectivity index is 1.88. The number of hydrogen-bond acceptors (Lipinski definition) is 3. The van der Waals surface area contributed by atoms with Crippen molar-refractivity contribution >= 4 is 29.3 Å². The summed E-state index contributed by atoms with van der Waals surface area (Å²) in [5, 5.41) is 3.55. The molecule has 0 saturated heterocycles. The first kappa shape index (κ1) is 15.6. The summed E-state index contributed by atoms with van der Waals surface area (Å²) in [4.78, 5) is 16.9. The molecule has 0 aliphatic carbocycles. The molecule has 1 aromatic heterocycles. The van der Waals surface area contributed by atoms with Gasteiger partial charge in [-0.3, -0.25) is 9.78 Å². The fourth-order valence-electron chi connectivity index (χ4n) is 2.69. The van der Waals surface area contributed by atoms with Crippen molar-refractivity contribution in [2.24, 2.45) is 0 Å². The highest BCUT2D eigenvalue weighted by atomic mass is 35.5. The van der Waals surface area contributed by atoms with Crippen LogP contribution in [0.3, 0.4) is 0 Å². The van der Waals surface area contributed by atoms with Gasteiger partial charge in [0.1, 0.15) is 12.4 Å². The van der Waals surface area contributed by atoms with Crippen LogP contribution >= 0.6 is 11.6 Å². The minimum Gasteiger partial charge on any atom is -0.488 e. The second-order valence-corrected chi connectivity index (χ2v) is 6.07. The van der Waals surface area contributed by atoms with E-state index in [9.17, 15) is 4.79 Å². The van der Waals surface area contributed by atoms with E-state index in [1.807, 2.05) is 32.9 Å². The van der Waals surface area contributed by atoms with Crippen LogP contribution in [0.25, 0.3) is 6.08 Å². The van der Waals surface area contributed by atoms with Crippen LogP contribution in [0.2, 0.25) is 5.02 Å². The lowest BCUT2D eigenvalue weighted by Crippen LogP contribution is -2.22. The van der Waals surface area contributed by atoms with Crippen molar-refractivity contribution in [2.75, 3.05) is 11.9 Å². The maximum atomic E-state index is 12.5. The number of anilines is 1. The molecule has 5 heteroatoms. The van der Waals surface area contributed by atoms with E-state index in [4.69, 9.17) is 16.3 Å². The lowest BCUT2D eigenvalue weighted by molar-refractivity contribution is -0.113. The van der Waals surface area contributed by atoms with E-state index in [-0.39, 0.29) is 12.5 Å². The number of fused-ring (bicyclic) bond motifs is 1. The normalized spacial score (nSPS) is 13.0. The second kappa shape index (κ2) is 6.05. The maximum absolute atomic E-state index is 12.5. The zero-order valence-electron chi connectivity index (χ0n) is 13.2. The number of carbonyl (C=O) groups excluding carboxylic acids is 1. The number of rotatable bonds is 2. The van der Waals surface area contributed by atoms with Crippen molar-refractivity contribution in [1.29, 1.82) is 0 Å². The number of nitrogens with one attached hydrogen (secondary N) is 1. The van der Waals surface area contributed by atoms with Gasteiger partial charge in [0, 0.05) is 16.3 Å². The topological polar surface area (TPSA) is 51.2 Å². The Morgan fingerprint density at radius 1 is 1.26 bits per heavy atom. The fourth-order valence-corrected chi connectivity index (χ4v) is 2.87. The predicted octanol–water partition coefficient (Wildman–Crippen LogP) is 4.07. The van der Waals surface area contributed by atoms with Crippen LogP contribution in [0.15, 0.2) is 29.8 Å². The van der Waals surface area contributed by atoms with Crippen LogP contribution in [0, 0.1) is 20.8 Å². The molecule has 1 aliphatic rings. The van der Waals surface area contributed by atoms with Crippen molar-refractivity contribution in [3.8, 4) is 5.75 Å². The number of aromatic nitrogens is 1. The van der Waals surface area contributed by atoms with Crippen molar-refractivity contribution in [3.63, 3.8) is 0 Å². The number of hydrogen-bond donors (Lipinski definition) is 1. The Morgan fingerprint density at radius 2 is 2.04 bits per heavy atom. The monoisotopic (exact) mass is 328 g/mol. The van der Waals surface area contributed by atoms with E-state index >= 15 is 0 Å². The molecule has 0 atom stereocenters. The van der Waals surface area contributed by atoms with Gasteiger partial charge in [-0.25, -0.2) is 0 Å². The quantitative estimate of drug-likeness (QED) is 0.904. The van der Waals surface area contributed by atoms with Crippen LogP contribution in [0.4, 0.5) is 5.69 Å². The van der Waals surface area contributed by atoms with Crippen LogP contribution in [-0.4, -0.2) is 17.5 Å². The Labute approximate surface area is 140 Å². The van der Waals surface area contributed by atoms with E-state index in [1.165, 1.54) is 0 Å². The molecule has 1 aromatic carbocycles. The number of aryl methyl sites for hydroxylation is 3. The van der Waals surface area contributed by atoms with Crippen molar-refractivity contribution in [2.45, 2.75) is 20.8 Å². The molecule has 23 heavy (non-hydrogen) atoms. The summed E-state index contributed by atoms with van der Waals surface area (Å²) >= 11 is 6.00. The summed E-state index contributed by atoms with van der Waals surface area (Å²) in [5.41, 5.74) is 4.84. The fraction of sp³-hybridized carbons (Fsp3) is 0.222. The molecule has 3 rings (SSSR count). The van der Waals surface area contributed by atoms with Crippen LogP contribution in [0.1, 0.15) is 22.5 Å². The summed E-state index contributed by atoms with van der Waals surface area (Å²) in [7, 11) is 0. The van der Waals surface area contributed by atoms with E-state index in [0.29, 0.717) is 10.6 Å². The number of amides is 1. The molecule has 2 heterocycles. The predicted molar refractivity (Wildman–Crippen MR) is 92.0 cm³/mol. The number of carbonyl (C=O) groups is 1. The molecule has 118 valence electrons. The summed E-state index contributed by atoms with van der Waals surface area (Å²) in [6.45, 7) is 6.01. The SMILES string of the molecule is Cc1cc(C)c(NC(=O)C2=Cc3cc(Cl)ccc3OC2)c(C)n1. The number of ether oxygens (including phenoxy) is 1. The van der Waals surface area contributed by atoms with Gasteiger partial charge in [0.15, 0.2) is 0 Å². The van der Waals surface area contributed by atoms with Crippen LogP contribution < -0.4 is 10.1 Å². The third-order valence-corrected chi connectivity index (χ3v) is 3.98. The molecule has 0 unspecified atom stereocenters. The van der Waals surface area contributed by atoms with Gasteiger partial charge in [-0.1, -0.05) is 11.6 Å². The highest BCUT2D eigenvalue weighted by Crippen LogP contribution is 2.29. The Morgan fingerprint density at radius 3 is 2.78 bits per heavy atom. The van der Waals surface area contributed by atoms with Crippen molar-refractivity contribution in [1.82, 2.24) is 4.98 Å². The molecule has 0 fully saturated rings. The van der Waals surface area contributed by atoms with Gasteiger partial charge in [0.2, 0.25) is 0 Å². The lowest BCUT2D eigenvalue weighted by atomic mass is 10.1. The largest absolute Gasteiger partial charge is 0.488 e. The molecule has 1 aliphatic heterocycles. The summed E-state index contributed by atoms with van der Waals surface area (Å²) in [6.07, 6.45) is 1.81. The van der Waals surface area contributed by atoms with Gasteiger partial charge in [0.25, 0.3) is 5.91 Å². The first-order valence-corrected chi connectivity index (χ1v) is 7.71. The van der Waals surface area contributed by atoms with E-state index in [2.05, 4.69) is 10.3 Å². The van der Waals surface area contributed by atoms with E-state index < -0.39 is 0 Å². The maximum Gasteiger partial charge on any atom is 0.255 e. The molecule has 0 spiro atoms. The van der Waals surface area contributed by atoms with Crippen molar-refractivity contribution in [3.05, 3.63) is 57.4 Å². The summed E-state index contributed by atoms with van der Waals surface area (Å²) < 4.78 is 5.63. The molecule has 2 aromatic rings. The Bertz CT molecular complexity index is 805. The number of nitrogens with zero attached hydrogens (tertiary/aromatic N) is 1. The van der Waals surface area contributed by atoms with Gasteiger partial charge in [0.05, 0.1) is 17.0 Å². The van der Waals surface area contributed by atoms with E-state index in [1.54, 1.807) is 18.2 Å². The average molecular weight is 329 g/mol. The van der Waals surface area contributed by atoms with Gasteiger partial charge < -0.3 is 10.1 Å². The third-order valence-electron chi connectivity index (χ3n) is 3.74. The van der Waals surface area contributed by atoms with Gasteiger partial charge in [-0.05, 0) is 56.7 Å². The van der Waals surface area contributed by atoms with Crippen LogP contribution in [0.5, 0.6) is 5.75 Å². The Hall–Kier alpha value is -2.33. The number of pyridine rings is 1. The van der Waals surface area contributed by atoms with Gasteiger partial charge in [-0.2, -0.15) is 0 Å². The van der Waals surface area contributed by atoms with Gasteiger partial charge in [-0.15, -0.1) is 0 Å². The molecule has 1 N–H and O–H groups in total. The minimum atomic E-state index is -0.188. The molecular weight excluding hydrogens is 312 g/mol. The van der Waals surface area contributed by atoms with Gasteiger partial charge >= 0.3 is 0 Å². The smallest absolute Gasteiger partial charge is 0.255 e. The molecular formula is C18H17ClN2O2. The third kappa shape index (κ3) is 3.22. The average Bonchev–Trinajstić information content (AvgIpc) is 2.49. The summed E-state index contributed by atoms with van der Waals surface area (Å²) in [5.74, 6) is 0.544. The second-order valence-electron chi connectivity index (χ2n) is 5.64. The lowest BCUT2D eigenvalue weighted by Gasteiger charge is -2.19. The molecule has 0 radical (unpaired) electrons. The first-order chi connectivity index (χ1) is 10.9. The summed E-state index contributed by atoms with van der Waals surface area (Å²) in [6, 6.07) is 7.31. The standard InChI is InChI=1S/C18H17ClN2O2/c1-10-6-11(2)20-12(3)17(10)21-18(22)14-7-13-8-15(19)4-5-16(13)23-9-14/h4-8H,9H2,1-3H3,(H,21,22). The first-order valence-electron chi connectivity index (χ1n) is 7.33. The molecule has 4 nitrogen and oxygen atoms in total. The zero-order valence-corrected chi connectivity index (χ0v) is 14.0. The van der Waals surface area contributed by atoms with E-state index in [0.717, 1.165) is 34.0 Å². The highest BCUT2D eigenvalue weighted by molar-refractivity contribution is 6.30. The van der Waals surface area contributed by atoms with Crippen LogP contribution in [-0.2, 0) is 4.79 Å². The molecule has 1 amide bonds. The number of benzene rings is 1.